The van der Waals surface area contributed by atoms with Gasteiger partial charge < -0.3 is 4.74 Å². The van der Waals surface area contributed by atoms with Gasteiger partial charge in [0.1, 0.15) is 11.5 Å². The fourth-order valence-corrected chi connectivity index (χ4v) is 3.37. The van der Waals surface area contributed by atoms with E-state index in [1.807, 2.05) is 12.1 Å². The van der Waals surface area contributed by atoms with Crippen molar-refractivity contribution in [1.82, 2.24) is 0 Å². The van der Waals surface area contributed by atoms with E-state index in [1.165, 1.54) is 5.56 Å². The molecule has 1 aromatic carbocycles. The molecule has 21 heavy (non-hydrogen) atoms. The molecule has 1 aliphatic carbocycles. The molecule has 1 fully saturated rings. The van der Waals surface area contributed by atoms with Crippen molar-refractivity contribution in [2.75, 3.05) is 6.61 Å². The molecular weight excluding hydrogens is 260 g/mol. The molecule has 0 amide bonds. The number of hydrogen-bond acceptors (Lipinski definition) is 2. The Morgan fingerprint density at radius 3 is 2.43 bits per heavy atom. The van der Waals surface area contributed by atoms with Crippen molar-refractivity contribution in [2.24, 2.45) is 11.8 Å². The molecule has 2 unspecified atom stereocenters. The van der Waals surface area contributed by atoms with Gasteiger partial charge in [0.15, 0.2) is 0 Å². The molecular formula is C19H28O2. The molecule has 2 nitrogen and oxygen atoms in total. The zero-order valence-electron chi connectivity index (χ0n) is 13.8. The van der Waals surface area contributed by atoms with Gasteiger partial charge in [-0.3, -0.25) is 4.79 Å². The lowest BCUT2D eigenvalue weighted by molar-refractivity contribution is -0.128. The lowest BCUT2D eigenvalue weighted by atomic mass is 9.65. The van der Waals surface area contributed by atoms with Crippen LogP contribution in [0.5, 0.6) is 5.75 Å². The van der Waals surface area contributed by atoms with Crippen LogP contribution in [0.1, 0.15) is 58.9 Å². The minimum absolute atomic E-state index is 0.0967. The Hall–Kier alpha value is -1.31. The first kappa shape index (κ1) is 16.1. The van der Waals surface area contributed by atoms with Gasteiger partial charge in [0.05, 0.1) is 6.61 Å². The number of hydrogen-bond donors (Lipinski definition) is 0. The normalized spacial score (nSPS) is 23.1. The zero-order chi connectivity index (χ0) is 15.5. The number of rotatable bonds is 5. The van der Waals surface area contributed by atoms with E-state index in [1.54, 1.807) is 0 Å². The van der Waals surface area contributed by atoms with Gasteiger partial charge in [-0.15, -0.1) is 0 Å². The molecule has 0 aliphatic heterocycles. The smallest absolute Gasteiger partial charge is 0.137 e. The molecule has 1 aromatic rings. The van der Waals surface area contributed by atoms with Gasteiger partial charge in [0, 0.05) is 12.3 Å². The van der Waals surface area contributed by atoms with Gasteiger partial charge in [0.25, 0.3) is 0 Å². The Balaban J connectivity index is 2.13. The Labute approximate surface area is 128 Å². The first-order valence-electron chi connectivity index (χ1n) is 8.21. The summed E-state index contributed by atoms with van der Waals surface area (Å²) in [5.41, 5.74) is 1.14. The van der Waals surface area contributed by atoms with Crippen molar-refractivity contribution in [3.8, 4) is 5.75 Å². The number of ketones is 1. The van der Waals surface area contributed by atoms with Gasteiger partial charge >= 0.3 is 0 Å². The molecule has 0 bridgehead atoms. The van der Waals surface area contributed by atoms with Crippen LogP contribution in [0.25, 0.3) is 0 Å². The Kier molecular flexibility index (Phi) is 5.08. The standard InChI is InChI=1S/C19H28O2/c1-5-12-21-16-9-7-15(8-10-16)19(3,4)17-11-6-14(2)13-18(17)20/h7-10,14,17H,5-6,11-13H2,1-4H3. The van der Waals surface area contributed by atoms with Crippen LogP contribution < -0.4 is 4.74 Å². The second kappa shape index (κ2) is 6.64. The van der Waals surface area contributed by atoms with Crippen LogP contribution in [0.3, 0.4) is 0 Å². The Bertz CT molecular complexity index is 473. The van der Waals surface area contributed by atoms with E-state index in [9.17, 15) is 4.79 Å². The van der Waals surface area contributed by atoms with Gasteiger partial charge in [-0.1, -0.05) is 39.8 Å². The summed E-state index contributed by atoms with van der Waals surface area (Å²) in [6.07, 6.45) is 3.94. The maximum absolute atomic E-state index is 12.4. The fraction of sp³-hybridized carbons (Fsp3) is 0.632. The summed E-state index contributed by atoms with van der Waals surface area (Å²) in [4.78, 5) is 12.4. The number of carbonyl (C=O) groups is 1. The summed E-state index contributed by atoms with van der Waals surface area (Å²) >= 11 is 0. The van der Waals surface area contributed by atoms with Crippen LogP contribution in [0.15, 0.2) is 24.3 Å². The van der Waals surface area contributed by atoms with E-state index in [2.05, 4.69) is 39.8 Å². The van der Waals surface area contributed by atoms with Crippen molar-refractivity contribution in [3.05, 3.63) is 29.8 Å². The highest BCUT2D eigenvalue weighted by atomic mass is 16.5. The highest BCUT2D eigenvalue weighted by molar-refractivity contribution is 5.83. The second-order valence-corrected chi connectivity index (χ2v) is 7.00. The number of carbonyl (C=O) groups excluding carboxylic acids is 1. The zero-order valence-corrected chi connectivity index (χ0v) is 13.8. The van der Waals surface area contributed by atoms with Gasteiger partial charge in [-0.05, 0) is 48.3 Å². The number of ether oxygens (including phenoxy) is 1. The SMILES string of the molecule is CCCOc1ccc(C(C)(C)C2CCC(C)CC2=O)cc1. The molecule has 0 N–H and O–H groups in total. The van der Waals surface area contributed by atoms with E-state index in [0.717, 1.165) is 38.0 Å². The van der Waals surface area contributed by atoms with Crippen LogP contribution in [0, 0.1) is 11.8 Å². The largest absolute Gasteiger partial charge is 0.494 e. The van der Waals surface area contributed by atoms with Crippen molar-refractivity contribution < 1.29 is 9.53 Å². The molecule has 2 rings (SSSR count). The van der Waals surface area contributed by atoms with E-state index >= 15 is 0 Å². The predicted octanol–water partition coefficient (Wildman–Crippen LogP) is 4.76. The minimum Gasteiger partial charge on any atom is -0.494 e. The van der Waals surface area contributed by atoms with Crippen molar-refractivity contribution in [3.63, 3.8) is 0 Å². The molecule has 1 saturated carbocycles. The van der Waals surface area contributed by atoms with Gasteiger partial charge in [0.2, 0.25) is 0 Å². The summed E-state index contributed by atoms with van der Waals surface area (Å²) in [7, 11) is 0. The monoisotopic (exact) mass is 288 g/mol. The van der Waals surface area contributed by atoms with Crippen LogP contribution in [-0.2, 0) is 10.2 Å². The van der Waals surface area contributed by atoms with Crippen LogP contribution in [-0.4, -0.2) is 12.4 Å². The average Bonchev–Trinajstić information content (AvgIpc) is 2.45. The summed E-state index contributed by atoms with van der Waals surface area (Å²) < 4.78 is 5.64. The molecule has 0 heterocycles. The molecule has 2 heteroatoms. The molecule has 0 spiro atoms. The quantitative estimate of drug-likeness (QED) is 0.781. The molecule has 0 aromatic heterocycles. The van der Waals surface area contributed by atoms with Gasteiger partial charge in [-0.2, -0.15) is 0 Å². The predicted molar refractivity (Wildman–Crippen MR) is 86.8 cm³/mol. The van der Waals surface area contributed by atoms with Crippen LogP contribution in [0.4, 0.5) is 0 Å². The van der Waals surface area contributed by atoms with Crippen molar-refractivity contribution in [2.45, 2.75) is 58.8 Å². The van der Waals surface area contributed by atoms with Crippen molar-refractivity contribution >= 4 is 5.78 Å². The van der Waals surface area contributed by atoms with Crippen LogP contribution >= 0.6 is 0 Å². The topological polar surface area (TPSA) is 26.3 Å². The highest BCUT2D eigenvalue weighted by Crippen LogP contribution is 2.40. The number of Topliss-reactive ketones (excluding diaryl/α,β-unsaturated/α-hetero) is 1. The van der Waals surface area contributed by atoms with Crippen molar-refractivity contribution in [1.29, 1.82) is 0 Å². The van der Waals surface area contributed by atoms with E-state index in [4.69, 9.17) is 4.74 Å². The lowest BCUT2D eigenvalue weighted by Crippen LogP contribution is -2.38. The summed E-state index contributed by atoms with van der Waals surface area (Å²) in [6, 6.07) is 8.30. The Morgan fingerprint density at radius 2 is 1.86 bits per heavy atom. The molecule has 0 radical (unpaired) electrons. The summed E-state index contributed by atoms with van der Waals surface area (Å²) in [5, 5.41) is 0. The Morgan fingerprint density at radius 1 is 1.19 bits per heavy atom. The molecule has 2 atom stereocenters. The minimum atomic E-state index is -0.0967. The average molecular weight is 288 g/mol. The summed E-state index contributed by atoms with van der Waals surface area (Å²) in [6.45, 7) is 9.44. The maximum Gasteiger partial charge on any atom is 0.137 e. The molecule has 0 saturated heterocycles. The lowest BCUT2D eigenvalue weighted by Gasteiger charge is -2.38. The van der Waals surface area contributed by atoms with Gasteiger partial charge in [-0.25, -0.2) is 0 Å². The summed E-state index contributed by atoms with van der Waals surface area (Å²) in [5.74, 6) is 2.05. The second-order valence-electron chi connectivity index (χ2n) is 7.00. The molecule has 1 aliphatic rings. The van der Waals surface area contributed by atoms with Crippen LogP contribution in [0.2, 0.25) is 0 Å². The third kappa shape index (κ3) is 3.66. The third-order valence-corrected chi connectivity index (χ3v) is 4.83. The first-order valence-corrected chi connectivity index (χ1v) is 8.21. The third-order valence-electron chi connectivity index (χ3n) is 4.83. The maximum atomic E-state index is 12.4. The number of benzene rings is 1. The molecule has 116 valence electrons. The van der Waals surface area contributed by atoms with E-state index in [-0.39, 0.29) is 11.3 Å². The van der Waals surface area contributed by atoms with E-state index < -0.39 is 0 Å². The highest BCUT2D eigenvalue weighted by Gasteiger charge is 2.38. The first-order chi connectivity index (χ1) is 9.95. The fourth-order valence-electron chi connectivity index (χ4n) is 3.37. The van der Waals surface area contributed by atoms with E-state index in [0.29, 0.717) is 11.7 Å².